The summed E-state index contributed by atoms with van der Waals surface area (Å²) in [7, 11) is 3.97. The van der Waals surface area contributed by atoms with Gasteiger partial charge in [-0.3, -0.25) is 0 Å². The van der Waals surface area contributed by atoms with Gasteiger partial charge < -0.3 is 20.1 Å². The fraction of sp³-hybridized carbons (Fsp3) is 0.538. The van der Waals surface area contributed by atoms with Gasteiger partial charge in [0.25, 0.3) is 0 Å². The number of anilines is 1. The highest BCUT2D eigenvalue weighted by atomic mass is 16.5. The first kappa shape index (κ1) is 13.8. The lowest BCUT2D eigenvalue weighted by molar-refractivity contribution is 0.107. The van der Waals surface area contributed by atoms with E-state index in [0.717, 1.165) is 18.0 Å². The minimum atomic E-state index is -0.474. The minimum absolute atomic E-state index is 0.309. The van der Waals surface area contributed by atoms with Crippen molar-refractivity contribution in [3.05, 3.63) is 24.3 Å². The monoisotopic (exact) mass is 238 g/mol. The molecule has 0 fully saturated rings. The number of ether oxygens (including phenoxy) is 1. The van der Waals surface area contributed by atoms with Crippen molar-refractivity contribution in [2.45, 2.75) is 13.0 Å². The van der Waals surface area contributed by atoms with Gasteiger partial charge in [0.2, 0.25) is 0 Å². The standard InChI is InChI=1S/C13H22N2O2/c1-4-14-9-12(16)10-17-13-7-5-6-11(8-13)15(2)3/h5-8,12,14,16H,4,9-10H2,1-3H3. The first-order valence-electron chi connectivity index (χ1n) is 5.92. The van der Waals surface area contributed by atoms with Gasteiger partial charge in [-0.15, -0.1) is 0 Å². The number of benzene rings is 1. The van der Waals surface area contributed by atoms with Crippen LogP contribution in [0.2, 0.25) is 0 Å². The number of likely N-dealkylation sites (N-methyl/N-ethyl adjacent to an activating group) is 1. The second-order valence-corrected chi connectivity index (χ2v) is 4.16. The summed E-state index contributed by atoms with van der Waals surface area (Å²) in [6, 6.07) is 7.82. The molecule has 0 radical (unpaired) electrons. The van der Waals surface area contributed by atoms with Crippen molar-refractivity contribution in [2.75, 3.05) is 38.7 Å². The normalized spacial score (nSPS) is 12.2. The lowest BCUT2D eigenvalue weighted by Crippen LogP contribution is -2.31. The second kappa shape index (κ2) is 7.14. The van der Waals surface area contributed by atoms with E-state index in [0.29, 0.717) is 13.2 Å². The van der Waals surface area contributed by atoms with E-state index in [2.05, 4.69) is 5.32 Å². The maximum atomic E-state index is 9.62. The van der Waals surface area contributed by atoms with Crippen molar-refractivity contribution in [1.29, 1.82) is 0 Å². The van der Waals surface area contributed by atoms with Crippen LogP contribution in [-0.4, -0.2) is 45.0 Å². The fourth-order valence-electron chi connectivity index (χ4n) is 1.41. The molecule has 0 aliphatic rings. The van der Waals surface area contributed by atoms with Gasteiger partial charge in [-0.05, 0) is 18.7 Å². The van der Waals surface area contributed by atoms with Gasteiger partial charge in [0.15, 0.2) is 0 Å². The third kappa shape index (κ3) is 5.06. The molecule has 0 aliphatic carbocycles. The van der Waals surface area contributed by atoms with Crippen LogP contribution in [0.4, 0.5) is 5.69 Å². The van der Waals surface area contributed by atoms with Crippen LogP contribution in [0.15, 0.2) is 24.3 Å². The minimum Gasteiger partial charge on any atom is -0.491 e. The summed E-state index contributed by atoms with van der Waals surface area (Å²) in [6.45, 7) is 3.73. The van der Waals surface area contributed by atoms with Gasteiger partial charge in [-0.1, -0.05) is 13.0 Å². The first-order chi connectivity index (χ1) is 8.13. The van der Waals surface area contributed by atoms with E-state index in [1.54, 1.807) is 0 Å². The van der Waals surface area contributed by atoms with Crippen molar-refractivity contribution in [3.63, 3.8) is 0 Å². The van der Waals surface area contributed by atoms with Crippen molar-refractivity contribution >= 4 is 5.69 Å². The number of hydrogen-bond donors (Lipinski definition) is 2. The summed E-state index contributed by atoms with van der Waals surface area (Å²) in [5, 5.41) is 12.7. The number of nitrogens with one attached hydrogen (secondary N) is 1. The molecule has 0 spiro atoms. The predicted octanol–water partition coefficient (Wildman–Crippen LogP) is 1.10. The third-order valence-corrected chi connectivity index (χ3v) is 2.41. The Labute approximate surface area is 103 Å². The quantitative estimate of drug-likeness (QED) is 0.747. The second-order valence-electron chi connectivity index (χ2n) is 4.16. The molecule has 2 N–H and O–H groups in total. The molecular formula is C13H22N2O2. The van der Waals surface area contributed by atoms with Gasteiger partial charge in [-0.2, -0.15) is 0 Å². The smallest absolute Gasteiger partial charge is 0.121 e. The number of nitrogens with zero attached hydrogens (tertiary/aromatic N) is 1. The largest absolute Gasteiger partial charge is 0.491 e. The Morgan fingerprint density at radius 2 is 2.18 bits per heavy atom. The Morgan fingerprint density at radius 3 is 2.82 bits per heavy atom. The zero-order valence-electron chi connectivity index (χ0n) is 10.8. The van der Waals surface area contributed by atoms with E-state index in [9.17, 15) is 5.11 Å². The van der Waals surface area contributed by atoms with Crippen LogP contribution in [-0.2, 0) is 0 Å². The molecule has 1 atom stereocenters. The molecule has 0 heterocycles. The van der Waals surface area contributed by atoms with Crippen LogP contribution in [0.1, 0.15) is 6.92 Å². The fourth-order valence-corrected chi connectivity index (χ4v) is 1.41. The highest BCUT2D eigenvalue weighted by Crippen LogP contribution is 2.19. The molecule has 96 valence electrons. The van der Waals surface area contributed by atoms with Gasteiger partial charge >= 0.3 is 0 Å². The first-order valence-corrected chi connectivity index (χ1v) is 5.92. The van der Waals surface area contributed by atoms with E-state index in [1.807, 2.05) is 50.2 Å². The molecule has 1 rings (SSSR count). The third-order valence-electron chi connectivity index (χ3n) is 2.41. The molecule has 17 heavy (non-hydrogen) atoms. The van der Waals surface area contributed by atoms with E-state index in [1.165, 1.54) is 0 Å². The molecule has 0 bridgehead atoms. The van der Waals surface area contributed by atoms with E-state index in [-0.39, 0.29) is 0 Å². The molecule has 0 amide bonds. The number of hydrogen-bond acceptors (Lipinski definition) is 4. The Bertz CT molecular complexity index is 329. The molecule has 1 aromatic carbocycles. The van der Waals surface area contributed by atoms with Crippen LogP contribution in [0.25, 0.3) is 0 Å². The maximum absolute atomic E-state index is 9.62. The highest BCUT2D eigenvalue weighted by Gasteiger charge is 2.05. The number of aliphatic hydroxyl groups is 1. The van der Waals surface area contributed by atoms with Gasteiger partial charge in [0.1, 0.15) is 18.5 Å². The van der Waals surface area contributed by atoms with Crippen LogP contribution >= 0.6 is 0 Å². The van der Waals surface area contributed by atoms with Crippen molar-refractivity contribution in [3.8, 4) is 5.75 Å². The molecule has 0 saturated heterocycles. The topological polar surface area (TPSA) is 44.7 Å². The average molecular weight is 238 g/mol. The average Bonchev–Trinajstić information content (AvgIpc) is 2.34. The highest BCUT2D eigenvalue weighted by molar-refractivity contribution is 5.49. The lowest BCUT2D eigenvalue weighted by Gasteiger charge is -2.16. The van der Waals surface area contributed by atoms with Crippen molar-refractivity contribution in [1.82, 2.24) is 5.32 Å². The summed E-state index contributed by atoms with van der Waals surface area (Å²) in [5.41, 5.74) is 1.09. The van der Waals surface area contributed by atoms with Crippen molar-refractivity contribution < 1.29 is 9.84 Å². The molecular weight excluding hydrogens is 216 g/mol. The molecule has 1 aromatic rings. The lowest BCUT2D eigenvalue weighted by atomic mass is 10.3. The number of rotatable bonds is 7. The van der Waals surface area contributed by atoms with E-state index < -0.39 is 6.10 Å². The summed E-state index contributed by atoms with van der Waals surface area (Å²) >= 11 is 0. The summed E-state index contributed by atoms with van der Waals surface area (Å²) in [4.78, 5) is 2.02. The Balaban J connectivity index is 2.43. The maximum Gasteiger partial charge on any atom is 0.121 e. The molecule has 0 aromatic heterocycles. The van der Waals surface area contributed by atoms with Crippen LogP contribution < -0.4 is 15.0 Å². The molecule has 1 unspecified atom stereocenters. The molecule has 0 aliphatic heterocycles. The van der Waals surface area contributed by atoms with Gasteiger partial charge in [0, 0.05) is 32.4 Å². The molecule has 0 saturated carbocycles. The van der Waals surface area contributed by atoms with Crippen molar-refractivity contribution in [2.24, 2.45) is 0 Å². The zero-order valence-corrected chi connectivity index (χ0v) is 10.8. The predicted molar refractivity (Wildman–Crippen MR) is 70.8 cm³/mol. The summed E-state index contributed by atoms with van der Waals surface area (Å²) in [5.74, 6) is 0.784. The van der Waals surface area contributed by atoms with Gasteiger partial charge in [-0.25, -0.2) is 0 Å². The van der Waals surface area contributed by atoms with Crippen LogP contribution in [0, 0.1) is 0 Å². The summed E-state index contributed by atoms with van der Waals surface area (Å²) < 4.78 is 5.54. The van der Waals surface area contributed by atoms with E-state index >= 15 is 0 Å². The Morgan fingerprint density at radius 1 is 1.41 bits per heavy atom. The Hall–Kier alpha value is -1.26. The van der Waals surface area contributed by atoms with Gasteiger partial charge in [0.05, 0.1) is 0 Å². The SMILES string of the molecule is CCNCC(O)COc1cccc(N(C)C)c1. The van der Waals surface area contributed by atoms with Crippen LogP contribution in [0.3, 0.4) is 0 Å². The summed E-state index contributed by atoms with van der Waals surface area (Å²) in [6.07, 6.45) is -0.474. The molecule has 4 heteroatoms. The zero-order chi connectivity index (χ0) is 12.7. The Kier molecular flexibility index (Phi) is 5.80. The molecule has 4 nitrogen and oxygen atoms in total. The van der Waals surface area contributed by atoms with Crippen LogP contribution in [0.5, 0.6) is 5.75 Å². The van der Waals surface area contributed by atoms with E-state index in [4.69, 9.17) is 4.74 Å². The number of aliphatic hydroxyl groups excluding tert-OH is 1.